The van der Waals surface area contributed by atoms with Gasteiger partial charge in [-0.15, -0.1) is 0 Å². The van der Waals surface area contributed by atoms with Gasteiger partial charge in [0.1, 0.15) is 5.03 Å². The Balaban J connectivity index is 2.30. The Morgan fingerprint density at radius 3 is 2.68 bits per heavy atom. The predicted molar refractivity (Wildman–Crippen MR) is 72.1 cm³/mol. The second-order valence-electron chi connectivity index (χ2n) is 4.22. The van der Waals surface area contributed by atoms with E-state index in [0.29, 0.717) is 10.6 Å². The Labute approximate surface area is 114 Å². The average molecular weight is 283 g/mol. The van der Waals surface area contributed by atoms with Crippen LogP contribution in [0.15, 0.2) is 28.1 Å². The fourth-order valence-electron chi connectivity index (χ4n) is 1.77. The van der Waals surface area contributed by atoms with Crippen LogP contribution in [0.3, 0.4) is 0 Å². The number of nitrogen functional groups attached to an aromatic ring is 1. The van der Waals surface area contributed by atoms with Crippen molar-refractivity contribution in [2.24, 2.45) is 7.05 Å². The molecule has 0 aliphatic rings. The molecule has 1 aromatic heterocycles. The van der Waals surface area contributed by atoms with Crippen LogP contribution in [0.5, 0.6) is 0 Å². The normalized spacial score (nSPS) is 10.9. The van der Waals surface area contributed by atoms with Gasteiger partial charge < -0.3 is 5.73 Å². The van der Waals surface area contributed by atoms with E-state index in [4.69, 9.17) is 5.73 Å². The van der Waals surface area contributed by atoms with Crippen LogP contribution in [0.25, 0.3) is 0 Å². The lowest BCUT2D eigenvalue weighted by molar-refractivity contribution is 0.506. The van der Waals surface area contributed by atoms with Crippen LogP contribution in [0, 0.1) is 11.6 Å². The fourth-order valence-corrected chi connectivity index (χ4v) is 2.70. The van der Waals surface area contributed by atoms with Gasteiger partial charge in [0.25, 0.3) is 0 Å². The van der Waals surface area contributed by atoms with Crippen LogP contribution >= 0.6 is 11.8 Å². The highest BCUT2D eigenvalue weighted by Crippen LogP contribution is 2.34. The van der Waals surface area contributed by atoms with Gasteiger partial charge in [-0.1, -0.05) is 25.1 Å². The molecule has 2 N–H and O–H groups in total. The molecule has 3 nitrogen and oxygen atoms in total. The first-order chi connectivity index (χ1) is 9.02. The molecule has 2 aromatic rings. The summed E-state index contributed by atoms with van der Waals surface area (Å²) in [6.07, 6.45) is 1.76. The zero-order chi connectivity index (χ0) is 14.0. The highest BCUT2D eigenvalue weighted by atomic mass is 32.2. The Hall–Kier alpha value is -1.56. The third-order valence-corrected chi connectivity index (χ3v) is 3.87. The minimum atomic E-state index is -0.862. The zero-order valence-corrected chi connectivity index (χ0v) is 11.6. The largest absolute Gasteiger partial charge is 0.395 e. The highest BCUT2D eigenvalue weighted by molar-refractivity contribution is 7.99. The molecule has 19 heavy (non-hydrogen) atoms. The van der Waals surface area contributed by atoms with Gasteiger partial charge in [0.2, 0.25) is 0 Å². The maximum absolute atomic E-state index is 13.2. The Morgan fingerprint density at radius 1 is 1.32 bits per heavy atom. The summed E-state index contributed by atoms with van der Waals surface area (Å²) in [4.78, 5) is 0.594. The smallest absolute Gasteiger partial charge is 0.159 e. The van der Waals surface area contributed by atoms with Crippen molar-refractivity contribution in [2.45, 2.75) is 29.7 Å². The summed E-state index contributed by atoms with van der Waals surface area (Å²) < 4.78 is 27.7. The molecule has 102 valence electrons. The van der Waals surface area contributed by atoms with Gasteiger partial charge in [0, 0.05) is 11.9 Å². The van der Waals surface area contributed by atoms with Crippen molar-refractivity contribution in [1.29, 1.82) is 0 Å². The van der Waals surface area contributed by atoms with E-state index in [1.54, 1.807) is 11.7 Å². The third kappa shape index (κ3) is 2.89. The van der Waals surface area contributed by atoms with Crippen molar-refractivity contribution in [3.8, 4) is 0 Å². The van der Waals surface area contributed by atoms with E-state index >= 15 is 0 Å². The number of anilines is 1. The number of hydrogen-bond donors (Lipinski definition) is 1. The van der Waals surface area contributed by atoms with E-state index in [1.807, 2.05) is 0 Å². The SMILES string of the molecule is CCCc1nn(C)c(Sc2ccc(F)c(F)c2)c1N. The van der Waals surface area contributed by atoms with Crippen LogP contribution in [-0.4, -0.2) is 9.78 Å². The molecule has 0 amide bonds. The molecule has 0 atom stereocenters. The summed E-state index contributed by atoms with van der Waals surface area (Å²) in [6.45, 7) is 2.05. The number of benzene rings is 1. The van der Waals surface area contributed by atoms with Gasteiger partial charge in [-0.25, -0.2) is 8.78 Å². The lowest BCUT2D eigenvalue weighted by atomic mass is 10.2. The lowest BCUT2D eigenvalue weighted by Gasteiger charge is -2.04. The predicted octanol–water partition coefficient (Wildman–Crippen LogP) is 3.38. The average Bonchev–Trinajstić information content (AvgIpc) is 2.62. The topological polar surface area (TPSA) is 43.8 Å². The monoisotopic (exact) mass is 283 g/mol. The Bertz CT molecular complexity index is 596. The molecule has 1 heterocycles. The molecule has 2 rings (SSSR count). The minimum absolute atomic E-state index is 0.594. The van der Waals surface area contributed by atoms with Gasteiger partial charge in [-0.3, -0.25) is 4.68 Å². The molecule has 0 aliphatic carbocycles. The molecule has 6 heteroatoms. The Kier molecular flexibility index (Phi) is 4.09. The number of aromatic nitrogens is 2. The van der Waals surface area contributed by atoms with E-state index in [1.165, 1.54) is 17.8 Å². The van der Waals surface area contributed by atoms with E-state index in [0.717, 1.165) is 35.7 Å². The van der Waals surface area contributed by atoms with Crippen LogP contribution in [-0.2, 0) is 13.5 Å². The summed E-state index contributed by atoms with van der Waals surface area (Å²) in [5.41, 5.74) is 7.49. The summed E-state index contributed by atoms with van der Waals surface area (Å²) >= 11 is 1.28. The van der Waals surface area contributed by atoms with Crippen molar-refractivity contribution in [3.05, 3.63) is 35.5 Å². The first-order valence-corrected chi connectivity index (χ1v) is 6.78. The molecule has 0 bridgehead atoms. The summed E-state index contributed by atoms with van der Waals surface area (Å²) in [5, 5.41) is 5.08. The number of halogens is 2. The molecular formula is C13H15F2N3S. The summed E-state index contributed by atoms with van der Waals surface area (Å²) in [7, 11) is 1.79. The maximum atomic E-state index is 13.2. The lowest BCUT2D eigenvalue weighted by Crippen LogP contribution is -1.94. The van der Waals surface area contributed by atoms with Crippen LogP contribution < -0.4 is 5.73 Å². The molecule has 0 spiro atoms. The van der Waals surface area contributed by atoms with Gasteiger partial charge in [0.15, 0.2) is 11.6 Å². The number of rotatable bonds is 4. The molecule has 0 saturated heterocycles. The number of nitrogens with zero attached hydrogens (tertiary/aromatic N) is 2. The molecule has 0 fully saturated rings. The van der Waals surface area contributed by atoms with Crippen molar-refractivity contribution >= 4 is 17.4 Å². The minimum Gasteiger partial charge on any atom is -0.395 e. The first kappa shape index (κ1) is 13.9. The molecule has 0 unspecified atom stereocenters. The van der Waals surface area contributed by atoms with Crippen molar-refractivity contribution in [2.75, 3.05) is 5.73 Å². The van der Waals surface area contributed by atoms with Crippen molar-refractivity contribution in [3.63, 3.8) is 0 Å². The van der Waals surface area contributed by atoms with Crippen LogP contribution in [0.2, 0.25) is 0 Å². The number of nitrogens with two attached hydrogens (primary N) is 1. The van der Waals surface area contributed by atoms with Gasteiger partial charge in [-0.05, 0) is 24.6 Å². The van der Waals surface area contributed by atoms with Crippen LogP contribution in [0.4, 0.5) is 14.5 Å². The fraction of sp³-hybridized carbons (Fsp3) is 0.308. The van der Waals surface area contributed by atoms with Crippen molar-refractivity contribution < 1.29 is 8.78 Å². The molecule has 0 radical (unpaired) electrons. The molecular weight excluding hydrogens is 268 g/mol. The first-order valence-electron chi connectivity index (χ1n) is 5.97. The second-order valence-corrected chi connectivity index (χ2v) is 5.28. The number of hydrogen-bond acceptors (Lipinski definition) is 3. The van der Waals surface area contributed by atoms with Gasteiger partial charge in [0.05, 0.1) is 11.4 Å². The van der Waals surface area contributed by atoms with E-state index in [-0.39, 0.29) is 0 Å². The zero-order valence-electron chi connectivity index (χ0n) is 10.8. The molecule has 1 aromatic carbocycles. The van der Waals surface area contributed by atoms with Gasteiger partial charge >= 0.3 is 0 Å². The third-order valence-electron chi connectivity index (χ3n) is 2.70. The highest BCUT2D eigenvalue weighted by Gasteiger charge is 2.14. The number of aryl methyl sites for hydroxylation is 2. The Morgan fingerprint density at radius 2 is 2.05 bits per heavy atom. The van der Waals surface area contributed by atoms with E-state index < -0.39 is 11.6 Å². The summed E-state index contributed by atoms with van der Waals surface area (Å²) in [6, 6.07) is 3.79. The van der Waals surface area contributed by atoms with Crippen molar-refractivity contribution in [1.82, 2.24) is 9.78 Å². The van der Waals surface area contributed by atoms with Gasteiger partial charge in [-0.2, -0.15) is 5.10 Å². The van der Waals surface area contributed by atoms with E-state index in [9.17, 15) is 8.78 Å². The van der Waals surface area contributed by atoms with Crippen LogP contribution in [0.1, 0.15) is 19.0 Å². The second kappa shape index (κ2) is 5.61. The summed E-state index contributed by atoms with van der Waals surface area (Å²) in [5.74, 6) is -1.71. The standard InChI is InChI=1S/C13H15F2N3S/c1-3-4-11-12(16)13(18(2)17-11)19-8-5-6-9(14)10(15)7-8/h5-7H,3-4,16H2,1-2H3. The molecule has 0 saturated carbocycles. The quantitative estimate of drug-likeness (QED) is 0.935. The molecule has 0 aliphatic heterocycles. The van der Waals surface area contributed by atoms with E-state index in [2.05, 4.69) is 12.0 Å². The maximum Gasteiger partial charge on any atom is 0.159 e.